The van der Waals surface area contributed by atoms with Crippen LogP contribution >= 0.6 is 11.3 Å². The minimum Gasteiger partial charge on any atom is -0.467 e. The Labute approximate surface area is 227 Å². The van der Waals surface area contributed by atoms with Crippen molar-refractivity contribution in [2.75, 3.05) is 18.0 Å². The highest BCUT2D eigenvalue weighted by Crippen LogP contribution is 2.50. The van der Waals surface area contributed by atoms with Gasteiger partial charge >= 0.3 is 6.01 Å². The largest absolute Gasteiger partial charge is 0.467 e. The maximum atomic E-state index is 11.7. The molecule has 2 aliphatic rings. The van der Waals surface area contributed by atoms with Gasteiger partial charge in [0, 0.05) is 24.6 Å². The average Bonchev–Trinajstić information content (AvgIpc) is 3.41. The number of pyridine rings is 1. The van der Waals surface area contributed by atoms with E-state index in [0.717, 1.165) is 71.8 Å². The summed E-state index contributed by atoms with van der Waals surface area (Å²) < 4.78 is 32.5. The summed E-state index contributed by atoms with van der Waals surface area (Å²) in [5.41, 5.74) is 3.54. The highest BCUT2D eigenvalue weighted by molar-refractivity contribution is 7.80. The molecule has 9 nitrogen and oxygen atoms in total. The first-order chi connectivity index (χ1) is 18.3. The van der Waals surface area contributed by atoms with E-state index >= 15 is 0 Å². The number of rotatable bonds is 8. The molecule has 4 heterocycles. The third kappa shape index (κ3) is 4.83. The Balaban J connectivity index is 1.09. The second-order valence-corrected chi connectivity index (χ2v) is 12.8. The zero-order valence-electron chi connectivity index (χ0n) is 21.7. The lowest BCUT2D eigenvalue weighted by molar-refractivity contribution is 0.131. The van der Waals surface area contributed by atoms with Crippen LogP contribution in [-0.4, -0.2) is 48.1 Å². The first-order valence-corrected chi connectivity index (χ1v) is 15.0. The van der Waals surface area contributed by atoms with Crippen molar-refractivity contribution in [2.45, 2.75) is 63.2 Å². The van der Waals surface area contributed by atoms with Gasteiger partial charge < -0.3 is 18.7 Å². The summed E-state index contributed by atoms with van der Waals surface area (Å²) >= 11 is -0.388. The van der Waals surface area contributed by atoms with E-state index in [1.165, 1.54) is 11.3 Å². The molecule has 1 saturated carbocycles. The number of fused-ring (bicyclic) bond motifs is 1. The minimum absolute atomic E-state index is 0.0328. The van der Waals surface area contributed by atoms with Gasteiger partial charge in [-0.3, -0.25) is 0 Å². The van der Waals surface area contributed by atoms with Crippen molar-refractivity contribution in [3.63, 3.8) is 0 Å². The standard InChI is InChI=1S/C27H31N5O4S2/c1-16(2)23-30-25(36-31-23)32-14-10-18(11-15-32)17(3)35-26-29-22-9-8-21(28-24(22)37-26)19-4-6-20(7-5-19)27(12-13-27)38(33)34/h4-9,16-18H,10-15H2,1-3H3,(H,33,34)/t17-/m0/s1. The monoisotopic (exact) mass is 553 g/mol. The Bertz CT molecular complexity index is 1460. The van der Waals surface area contributed by atoms with Gasteiger partial charge in [0.05, 0.1) is 10.4 Å². The number of hydrogen-bond donors (Lipinski definition) is 1. The number of aromatic nitrogens is 4. The molecule has 1 aliphatic heterocycles. The molecular formula is C27H31N5O4S2. The lowest BCUT2D eigenvalue weighted by Gasteiger charge is -2.33. The van der Waals surface area contributed by atoms with Crippen molar-refractivity contribution in [3.8, 4) is 16.5 Å². The molecule has 1 saturated heterocycles. The highest BCUT2D eigenvalue weighted by atomic mass is 32.2. The average molecular weight is 554 g/mol. The molecule has 2 atom stereocenters. The Morgan fingerprint density at radius 3 is 2.45 bits per heavy atom. The number of ether oxygens (including phenoxy) is 1. The van der Waals surface area contributed by atoms with Gasteiger partial charge in [0.25, 0.3) is 5.19 Å². The van der Waals surface area contributed by atoms with E-state index in [9.17, 15) is 8.76 Å². The van der Waals surface area contributed by atoms with Crippen LogP contribution in [0.3, 0.4) is 0 Å². The van der Waals surface area contributed by atoms with E-state index in [-0.39, 0.29) is 12.0 Å². The van der Waals surface area contributed by atoms with Gasteiger partial charge in [-0.05, 0) is 56.2 Å². The van der Waals surface area contributed by atoms with E-state index in [2.05, 4.69) is 40.8 Å². The van der Waals surface area contributed by atoms with Crippen LogP contribution in [0.1, 0.15) is 63.8 Å². The Kier molecular flexibility index (Phi) is 6.69. The van der Waals surface area contributed by atoms with Crippen LogP contribution in [0.4, 0.5) is 6.01 Å². The predicted molar refractivity (Wildman–Crippen MR) is 148 cm³/mol. The Hall–Kier alpha value is -2.89. The number of hydrogen-bond acceptors (Lipinski definition) is 9. The molecule has 11 heteroatoms. The molecule has 1 unspecified atom stereocenters. The molecule has 1 aliphatic carbocycles. The van der Waals surface area contributed by atoms with Crippen LogP contribution in [0, 0.1) is 5.92 Å². The summed E-state index contributed by atoms with van der Waals surface area (Å²) in [5, 5.41) is 4.72. The molecule has 0 spiro atoms. The van der Waals surface area contributed by atoms with Crippen LogP contribution in [0.15, 0.2) is 40.9 Å². The van der Waals surface area contributed by atoms with E-state index < -0.39 is 15.8 Å². The summed E-state index contributed by atoms with van der Waals surface area (Å²) in [5.74, 6) is 1.41. The second kappa shape index (κ2) is 10.0. The van der Waals surface area contributed by atoms with Gasteiger partial charge in [-0.25, -0.2) is 14.2 Å². The zero-order chi connectivity index (χ0) is 26.4. The smallest absolute Gasteiger partial charge is 0.324 e. The molecule has 38 heavy (non-hydrogen) atoms. The Morgan fingerprint density at radius 2 is 1.82 bits per heavy atom. The third-order valence-corrected chi connectivity index (χ3v) is 9.86. The van der Waals surface area contributed by atoms with E-state index in [4.69, 9.17) is 14.2 Å². The van der Waals surface area contributed by atoms with Crippen LogP contribution in [0.25, 0.3) is 21.6 Å². The van der Waals surface area contributed by atoms with E-state index in [1.54, 1.807) is 0 Å². The molecule has 0 bridgehead atoms. The van der Waals surface area contributed by atoms with Crippen molar-refractivity contribution in [1.82, 2.24) is 20.1 Å². The molecule has 1 N–H and O–H groups in total. The van der Waals surface area contributed by atoms with E-state index in [1.807, 2.05) is 36.4 Å². The van der Waals surface area contributed by atoms with Crippen LogP contribution in [0.5, 0.6) is 5.19 Å². The molecule has 0 amide bonds. The molecule has 200 valence electrons. The topological polar surface area (TPSA) is 114 Å². The summed E-state index contributed by atoms with van der Waals surface area (Å²) in [6.07, 6.45) is 3.49. The fourth-order valence-electron chi connectivity index (χ4n) is 5.04. The third-order valence-electron chi connectivity index (χ3n) is 7.69. The van der Waals surface area contributed by atoms with Crippen molar-refractivity contribution in [2.24, 2.45) is 5.92 Å². The summed E-state index contributed by atoms with van der Waals surface area (Å²) in [6, 6.07) is 12.4. The van der Waals surface area contributed by atoms with Gasteiger partial charge in [0.1, 0.15) is 16.5 Å². The SMILES string of the molecule is CC(C)c1noc(N2CCC([C@H](C)Oc3nc4ccc(-c5ccc(C6(S(=O)O)CC6)cc5)nc4s3)CC2)n1. The van der Waals surface area contributed by atoms with Crippen LogP contribution in [-0.2, 0) is 15.8 Å². The number of piperidine rings is 1. The normalized spacial score (nSPS) is 19.1. The van der Waals surface area contributed by atoms with Gasteiger partial charge in [0.2, 0.25) is 0 Å². The number of thiazole rings is 1. The van der Waals surface area contributed by atoms with Crippen molar-refractivity contribution >= 4 is 38.8 Å². The Morgan fingerprint density at radius 1 is 1.08 bits per heavy atom. The molecule has 0 radical (unpaired) electrons. The number of anilines is 1. The summed E-state index contributed by atoms with van der Waals surface area (Å²) in [4.78, 5) is 17.0. The van der Waals surface area contributed by atoms with Crippen molar-refractivity contribution < 1.29 is 18.0 Å². The van der Waals surface area contributed by atoms with Gasteiger partial charge in [-0.15, -0.1) is 0 Å². The zero-order valence-corrected chi connectivity index (χ0v) is 23.3. The summed E-state index contributed by atoms with van der Waals surface area (Å²) in [6.45, 7) is 7.95. The van der Waals surface area contributed by atoms with Gasteiger partial charge in [-0.2, -0.15) is 4.98 Å². The second-order valence-electron chi connectivity index (χ2n) is 10.6. The number of nitrogens with zero attached hydrogens (tertiary/aromatic N) is 5. The maximum Gasteiger partial charge on any atom is 0.324 e. The molecule has 3 aromatic heterocycles. The molecule has 1 aromatic carbocycles. The highest BCUT2D eigenvalue weighted by Gasteiger charge is 2.50. The fraction of sp³-hybridized carbons (Fsp3) is 0.481. The molecule has 6 rings (SSSR count). The minimum atomic E-state index is -1.85. The van der Waals surface area contributed by atoms with Crippen molar-refractivity contribution in [3.05, 3.63) is 47.8 Å². The first kappa shape index (κ1) is 25.4. The predicted octanol–water partition coefficient (Wildman–Crippen LogP) is 5.76. The lowest BCUT2D eigenvalue weighted by atomic mass is 9.92. The molecular weight excluding hydrogens is 522 g/mol. The lowest BCUT2D eigenvalue weighted by Crippen LogP contribution is -2.38. The quantitative estimate of drug-likeness (QED) is 0.272. The van der Waals surface area contributed by atoms with Crippen LogP contribution < -0.4 is 9.64 Å². The van der Waals surface area contributed by atoms with Crippen molar-refractivity contribution in [1.29, 1.82) is 0 Å². The number of benzene rings is 1. The van der Waals surface area contributed by atoms with Crippen LogP contribution in [0.2, 0.25) is 0 Å². The maximum absolute atomic E-state index is 11.7. The molecule has 4 aromatic rings. The van der Waals surface area contributed by atoms with E-state index in [0.29, 0.717) is 17.1 Å². The summed E-state index contributed by atoms with van der Waals surface area (Å²) in [7, 11) is 0. The molecule has 2 fully saturated rings. The van der Waals surface area contributed by atoms with Gasteiger partial charge in [-0.1, -0.05) is 54.6 Å². The first-order valence-electron chi connectivity index (χ1n) is 13.1. The van der Waals surface area contributed by atoms with Gasteiger partial charge in [0.15, 0.2) is 16.9 Å². The fourth-order valence-corrected chi connectivity index (χ4v) is 6.70.